The van der Waals surface area contributed by atoms with E-state index < -0.39 is 0 Å². The van der Waals surface area contributed by atoms with Gasteiger partial charge in [-0.05, 0) is 62.0 Å². The van der Waals surface area contributed by atoms with Crippen molar-refractivity contribution >= 4 is 43.5 Å². The Balaban J connectivity index is 1.11. The van der Waals surface area contributed by atoms with Gasteiger partial charge in [-0.15, -0.1) is 0 Å². The van der Waals surface area contributed by atoms with Crippen LogP contribution in [0.4, 0.5) is 0 Å². The van der Waals surface area contributed by atoms with Crippen LogP contribution in [0.2, 0.25) is 0 Å². The maximum atomic E-state index is 6.39. The first kappa shape index (κ1) is 29.0. The highest BCUT2D eigenvalue weighted by Gasteiger charge is 2.19. The maximum Gasteiger partial charge on any atom is 0.165 e. The smallest absolute Gasteiger partial charge is 0.165 e. The number of rotatable bonds is 5. The SMILES string of the molecule is c1ccc(-c2nc(-c3ccccc3)nc(-c3c(-c4ccc(-c5ccc6c(c5)oc5ccc7ccccc7c56)cc4)ccc4ccccc34)n2)cc1. The highest BCUT2D eigenvalue weighted by Crippen LogP contribution is 2.40. The van der Waals surface area contributed by atoms with E-state index in [1.165, 1.54) is 10.8 Å². The van der Waals surface area contributed by atoms with Crippen molar-refractivity contribution < 1.29 is 4.42 Å². The maximum absolute atomic E-state index is 6.39. The molecule has 0 radical (unpaired) electrons. The molecular formula is C47H29N3O. The largest absolute Gasteiger partial charge is 0.456 e. The van der Waals surface area contributed by atoms with Crippen LogP contribution in [0.15, 0.2) is 180 Å². The monoisotopic (exact) mass is 651 g/mol. The predicted octanol–water partition coefficient (Wildman–Crippen LogP) is 12.4. The fraction of sp³-hybridized carbons (Fsp3) is 0. The lowest BCUT2D eigenvalue weighted by Gasteiger charge is -2.15. The zero-order chi connectivity index (χ0) is 33.7. The van der Waals surface area contributed by atoms with Gasteiger partial charge >= 0.3 is 0 Å². The zero-order valence-corrected chi connectivity index (χ0v) is 27.5. The van der Waals surface area contributed by atoms with Gasteiger partial charge in [0.05, 0.1) is 0 Å². The third-order valence-corrected chi connectivity index (χ3v) is 9.74. The second-order valence-corrected chi connectivity index (χ2v) is 12.8. The lowest BCUT2D eigenvalue weighted by molar-refractivity contribution is 0.669. The molecule has 0 aliphatic heterocycles. The molecule has 0 saturated carbocycles. The molecule has 8 aromatic carbocycles. The van der Waals surface area contributed by atoms with E-state index in [1.807, 2.05) is 60.7 Å². The molecule has 4 nitrogen and oxygen atoms in total. The zero-order valence-electron chi connectivity index (χ0n) is 27.5. The summed E-state index contributed by atoms with van der Waals surface area (Å²) in [6.45, 7) is 0. The van der Waals surface area contributed by atoms with E-state index in [1.54, 1.807) is 0 Å². The summed E-state index contributed by atoms with van der Waals surface area (Å²) >= 11 is 0. The van der Waals surface area contributed by atoms with Gasteiger partial charge in [0.1, 0.15) is 11.2 Å². The van der Waals surface area contributed by atoms with E-state index in [2.05, 4.69) is 115 Å². The van der Waals surface area contributed by atoms with Gasteiger partial charge in [-0.3, -0.25) is 0 Å². The Kier molecular flexibility index (Phi) is 6.78. The van der Waals surface area contributed by atoms with Gasteiger partial charge in [0.15, 0.2) is 17.5 Å². The van der Waals surface area contributed by atoms with Crippen molar-refractivity contribution in [3.63, 3.8) is 0 Å². The molecule has 0 aliphatic carbocycles. The number of hydrogen-bond acceptors (Lipinski definition) is 4. The Hall–Kier alpha value is -6.91. The van der Waals surface area contributed by atoms with Crippen molar-refractivity contribution in [1.82, 2.24) is 15.0 Å². The molecule has 4 heteroatoms. The molecule has 0 amide bonds. The lowest BCUT2D eigenvalue weighted by atomic mass is 9.92. The van der Waals surface area contributed by atoms with Crippen LogP contribution < -0.4 is 0 Å². The van der Waals surface area contributed by atoms with Crippen molar-refractivity contribution in [3.05, 3.63) is 176 Å². The second kappa shape index (κ2) is 11.9. The van der Waals surface area contributed by atoms with Crippen LogP contribution in [0.1, 0.15) is 0 Å². The van der Waals surface area contributed by atoms with E-state index in [-0.39, 0.29) is 0 Å². The molecule has 2 heterocycles. The molecule has 10 rings (SSSR count). The Morgan fingerprint density at radius 3 is 1.59 bits per heavy atom. The fourth-order valence-electron chi connectivity index (χ4n) is 7.24. The topological polar surface area (TPSA) is 51.8 Å². The fourth-order valence-corrected chi connectivity index (χ4v) is 7.24. The van der Waals surface area contributed by atoms with Crippen molar-refractivity contribution in [2.45, 2.75) is 0 Å². The average Bonchev–Trinajstić information content (AvgIpc) is 3.59. The Bertz CT molecular complexity index is 2840. The standard InChI is InChI=1S/C47H29N3O/c1-3-13-34(14-4-1)45-48-46(35-15-5-2-6-16-35)50-47(49-45)44-38-18-10-8-11-31(38)23-26-39(44)33-21-19-30(20-22-33)36-24-27-40-42(29-36)51-41-28-25-32-12-7-9-17-37(32)43(40)41/h1-29H. The molecule has 0 atom stereocenters. The number of benzene rings is 8. The van der Waals surface area contributed by atoms with Gasteiger partial charge in [0.2, 0.25) is 0 Å². The van der Waals surface area contributed by atoms with Gasteiger partial charge in [0, 0.05) is 27.5 Å². The van der Waals surface area contributed by atoms with Gasteiger partial charge in [-0.1, -0.05) is 158 Å². The van der Waals surface area contributed by atoms with Crippen molar-refractivity contribution in [3.8, 4) is 56.4 Å². The summed E-state index contributed by atoms with van der Waals surface area (Å²) in [5.74, 6) is 1.92. The molecule has 238 valence electrons. The lowest BCUT2D eigenvalue weighted by Crippen LogP contribution is -2.01. The number of hydrogen-bond donors (Lipinski definition) is 0. The van der Waals surface area contributed by atoms with Gasteiger partial charge < -0.3 is 4.42 Å². The first-order valence-electron chi connectivity index (χ1n) is 17.1. The minimum Gasteiger partial charge on any atom is -0.456 e. The van der Waals surface area contributed by atoms with E-state index in [0.29, 0.717) is 17.5 Å². The first-order chi connectivity index (χ1) is 25.3. The quantitative estimate of drug-likeness (QED) is 0.186. The molecule has 0 fully saturated rings. The first-order valence-corrected chi connectivity index (χ1v) is 17.1. The highest BCUT2D eigenvalue weighted by molar-refractivity contribution is 6.19. The molecular weight excluding hydrogens is 623 g/mol. The summed E-state index contributed by atoms with van der Waals surface area (Å²) in [5.41, 5.74) is 9.02. The Morgan fingerprint density at radius 2 is 0.882 bits per heavy atom. The second-order valence-electron chi connectivity index (χ2n) is 12.8. The molecule has 10 aromatic rings. The van der Waals surface area contributed by atoms with E-state index in [4.69, 9.17) is 19.4 Å². The number of fused-ring (bicyclic) bond motifs is 6. The summed E-state index contributed by atoms with van der Waals surface area (Å²) in [4.78, 5) is 15.2. The van der Waals surface area contributed by atoms with Crippen LogP contribution in [0, 0.1) is 0 Å². The van der Waals surface area contributed by atoms with E-state index >= 15 is 0 Å². The Morgan fingerprint density at radius 1 is 0.333 bits per heavy atom. The van der Waals surface area contributed by atoms with Gasteiger partial charge in [-0.25, -0.2) is 15.0 Å². The van der Waals surface area contributed by atoms with Crippen LogP contribution in [0.5, 0.6) is 0 Å². The highest BCUT2D eigenvalue weighted by atomic mass is 16.3. The minimum atomic E-state index is 0.640. The molecule has 0 aliphatic rings. The summed E-state index contributed by atoms with van der Waals surface area (Å²) in [5, 5.41) is 6.93. The van der Waals surface area contributed by atoms with Crippen LogP contribution in [0.3, 0.4) is 0 Å². The van der Waals surface area contributed by atoms with Crippen molar-refractivity contribution in [1.29, 1.82) is 0 Å². The molecule has 2 aromatic heterocycles. The molecule has 0 bridgehead atoms. The van der Waals surface area contributed by atoms with Crippen molar-refractivity contribution in [2.75, 3.05) is 0 Å². The third-order valence-electron chi connectivity index (χ3n) is 9.74. The normalized spacial score (nSPS) is 11.5. The van der Waals surface area contributed by atoms with E-state index in [9.17, 15) is 0 Å². The average molecular weight is 652 g/mol. The van der Waals surface area contributed by atoms with Crippen molar-refractivity contribution in [2.24, 2.45) is 0 Å². The molecule has 0 unspecified atom stereocenters. The summed E-state index contributed by atoms with van der Waals surface area (Å²) in [6, 6.07) is 61.0. The van der Waals surface area contributed by atoms with Crippen LogP contribution >= 0.6 is 0 Å². The molecule has 0 saturated heterocycles. The predicted molar refractivity (Wildman–Crippen MR) is 209 cm³/mol. The Labute approximate surface area is 294 Å². The third kappa shape index (κ3) is 5.04. The molecule has 51 heavy (non-hydrogen) atoms. The van der Waals surface area contributed by atoms with Crippen LogP contribution in [0.25, 0.3) is 99.9 Å². The van der Waals surface area contributed by atoms with Gasteiger partial charge in [0.25, 0.3) is 0 Å². The van der Waals surface area contributed by atoms with Gasteiger partial charge in [-0.2, -0.15) is 0 Å². The molecule has 0 spiro atoms. The minimum absolute atomic E-state index is 0.640. The van der Waals surface area contributed by atoms with Crippen LogP contribution in [-0.2, 0) is 0 Å². The summed E-state index contributed by atoms with van der Waals surface area (Å²) in [6.07, 6.45) is 0. The summed E-state index contributed by atoms with van der Waals surface area (Å²) in [7, 11) is 0. The molecule has 0 N–H and O–H groups in total. The summed E-state index contributed by atoms with van der Waals surface area (Å²) < 4.78 is 6.39. The number of aromatic nitrogens is 3. The number of furan rings is 1. The number of nitrogens with zero attached hydrogens (tertiary/aromatic N) is 3. The van der Waals surface area contributed by atoms with Crippen LogP contribution in [-0.4, -0.2) is 15.0 Å². The van der Waals surface area contributed by atoms with E-state index in [0.717, 1.165) is 71.7 Å².